The highest BCUT2D eigenvalue weighted by Crippen LogP contribution is 2.73. The number of carbonyl (C=O) groups is 2. The van der Waals surface area contributed by atoms with E-state index >= 15 is 0 Å². The first-order chi connectivity index (χ1) is 11.7. The van der Waals surface area contributed by atoms with Crippen LogP contribution in [0.2, 0.25) is 0 Å². The van der Waals surface area contributed by atoms with Gasteiger partial charge in [-0.3, -0.25) is 9.59 Å². The third-order valence-corrected chi connectivity index (χ3v) is 8.71. The Hall–Kier alpha value is -1.29. The molecule has 0 aromatic heterocycles. The van der Waals surface area contributed by atoms with E-state index in [0.29, 0.717) is 12.3 Å². The Labute approximate surface area is 147 Å². The van der Waals surface area contributed by atoms with Crippen LogP contribution in [0.1, 0.15) is 46.5 Å². The molecule has 4 heteroatoms. The van der Waals surface area contributed by atoms with E-state index in [4.69, 9.17) is 4.74 Å². The van der Waals surface area contributed by atoms with Gasteiger partial charge in [0.15, 0.2) is 23.8 Å². The molecule has 5 rings (SSSR count). The molecule has 3 nitrogen and oxygen atoms in total. The number of ether oxygens (including phenoxy) is 1. The molecular formula is C21H25FO3. The molecule has 0 N–H and O–H groups in total. The number of ketones is 2. The van der Waals surface area contributed by atoms with Gasteiger partial charge in [-0.2, -0.15) is 0 Å². The van der Waals surface area contributed by atoms with E-state index in [1.807, 2.05) is 13.8 Å². The summed E-state index contributed by atoms with van der Waals surface area (Å²) in [4.78, 5) is 24.8. The monoisotopic (exact) mass is 344 g/mol. The molecule has 0 aromatic rings. The second-order valence-corrected chi connectivity index (χ2v) is 9.37. The molecule has 3 saturated carbocycles. The van der Waals surface area contributed by atoms with E-state index in [1.54, 1.807) is 6.08 Å². The van der Waals surface area contributed by atoms with Crippen molar-refractivity contribution in [2.75, 3.05) is 0 Å². The quantitative estimate of drug-likeness (QED) is 0.498. The molecule has 0 aromatic carbocycles. The van der Waals surface area contributed by atoms with Crippen molar-refractivity contribution in [1.29, 1.82) is 0 Å². The molecule has 0 amide bonds. The van der Waals surface area contributed by atoms with Crippen molar-refractivity contribution in [2.45, 2.75) is 64.3 Å². The molecule has 4 fully saturated rings. The summed E-state index contributed by atoms with van der Waals surface area (Å²) in [6, 6.07) is 0. The Morgan fingerprint density at radius 2 is 2.00 bits per heavy atom. The van der Waals surface area contributed by atoms with E-state index in [9.17, 15) is 14.0 Å². The largest absolute Gasteiger partial charge is 0.352 e. The van der Waals surface area contributed by atoms with Gasteiger partial charge in [-0.25, -0.2) is 4.39 Å². The van der Waals surface area contributed by atoms with Crippen LogP contribution < -0.4 is 0 Å². The van der Waals surface area contributed by atoms with Crippen molar-refractivity contribution in [3.8, 4) is 0 Å². The zero-order valence-corrected chi connectivity index (χ0v) is 15.1. The van der Waals surface area contributed by atoms with Crippen LogP contribution in [-0.4, -0.2) is 29.4 Å². The van der Waals surface area contributed by atoms with Gasteiger partial charge < -0.3 is 4.74 Å². The Morgan fingerprint density at radius 3 is 2.72 bits per heavy atom. The summed E-state index contributed by atoms with van der Waals surface area (Å²) in [5.41, 5.74) is 0.668. The number of carbonyl (C=O) groups excluding carboxylic acids is 2. The molecule has 1 aliphatic heterocycles. The summed E-state index contributed by atoms with van der Waals surface area (Å²) in [6.07, 6.45) is 2.76. The Morgan fingerprint density at radius 1 is 1.28 bits per heavy atom. The van der Waals surface area contributed by atoms with E-state index < -0.39 is 17.2 Å². The van der Waals surface area contributed by atoms with Crippen LogP contribution in [0.5, 0.6) is 0 Å². The third-order valence-electron chi connectivity index (χ3n) is 8.71. The molecule has 1 spiro atoms. The van der Waals surface area contributed by atoms with Crippen LogP contribution >= 0.6 is 0 Å². The maximum atomic E-state index is 14.3. The predicted octanol–water partition coefficient (Wildman–Crippen LogP) is 3.58. The highest BCUT2D eigenvalue weighted by Gasteiger charge is 2.78. The first kappa shape index (κ1) is 15.9. The van der Waals surface area contributed by atoms with E-state index in [0.717, 1.165) is 30.4 Å². The summed E-state index contributed by atoms with van der Waals surface area (Å²) in [6.45, 7) is 10.5. The second-order valence-electron chi connectivity index (χ2n) is 9.37. The number of Topliss-reactive ketones (excluding diaryl/α,β-unsaturated/α-hetero) is 1. The fourth-order valence-corrected chi connectivity index (χ4v) is 7.21. The predicted molar refractivity (Wildman–Crippen MR) is 90.6 cm³/mol. The van der Waals surface area contributed by atoms with Crippen LogP contribution in [0.15, 0.2) is 23.8 Å². The lowest BCUT2D eigenvalue weighted by Crippen LogP contribution is -2.59. The second kappa shape index (κ2) is 4.33. The summed E-state index contributed by atoms with van der Waals surface area (Å²) in [5, 5.41) is 0. The van der Waals surface area contributed by atoms with Crippen LogP contribution in [0.3, 0.4) is 0 Å². The van der Waals surface area contributed by atoms with Crippen molar-refractivity contribution in [3.05, 3.63) is 23.8 Å². The van der Waals surface area contributed by atoms with Crippen molar-refractivity contribution in [1.82, 2.24) is 0 Å². The molecule has 134 valence electrons. The van der Waals surface area contributed by atoms with E-state index in [-0.39, 0.29) is 34.9 Å². The van der Waals surface area contributed by atoms with Gasteiger partial charge in [0.05, 0.1) is 0 Å². The molecule has 0 bridgehead atoms. The van der Waals surface area contributed by atoms with Crippen molar-refractivity contribution >= 4 is 11.6 Å². The average molecular weight is 344 g/mol. The third kappa shape index (κ3) is 1.50. The van der Waals surface area contributed by atoms with E-state index in [1.165, 1.54) is 0 Å². The lowest BCUT2D eigenvalue weighted by atomic mass is 9.43. The van der Waals surface area contributed by atoms with Gasteiger partial charge >= 0.3 is 0 Å². The van der Waals surface area contributed by atoms with Crippen LogP contribution in [0.4, 0.5) is 4.39 Å². The average Bonchev–Trinajstić information content (AvgIpc) is 3.27. The Kier molecular flexibility index (Phi) is 2.76. The van der Waals surface area contributed by atoms with Gasteiger partial charge in [0.25, 0.3) is 0 Å². The zero-order valence-electron chi connectivity index (χ0n) is 15.1. The lowest BCUT2D eigenvalue weighted by Gasteiger charge is -2.58. The normalized spacial score (nSPS) is 56.6. The first-order valence-corrected chi connectivity index (χ1v) is 9.45. The maximum absolute atomic E-state index is 14.3. The molecule has 1 heterocycles. The lowest BCUT2D eigenvalue weighted by molar-refractivity contribution is -0.135. The van der Waals surface area contributed by atoms with Crippen LogP contribution in [0.25, 0.3) is 0 Å². The molecule has 5 aliphatic rings. The maximum Gasteiger partial charge on any atom is 0.187 e. The minimum Gasteiger partial charge on any atom is -0.352 e. The number of hydrogen-bond acceptors (Lipinski definition) is 3. The van der Waals surface area contributed by atoms with Gasteiger partial charge in [-0.05, 0) is 62.0 Å². The minimum atomic E-state index is -1.32. The molecule has 8 atom stereocenters. The fourth-order valence-electron chi connectivity index (χ4n) is 7.21. The standard InChI is InChI=1S/C21H25FO3/c1-10-8-16(23)18-21(25-18)11(2)7-12-13(20(10,21)4)5-6-19(3)14(12)9-15(22)17(19)24/h8,12-15,18H,2,5-7,9H2,1,3-4H3/t12-,13-,14+,15?,18?,19+,20-,21?/m1/s1. The molecule has 25 heavy (non-hydrogen) atoms. The van der Waals surface area contributed by atoms with Gasteiger partial charge in [0, 0.05) is 10.8 Å². The number of alkyl halides is 1. The van der Waals surface area contributed by atoms with Gasteiger partial charge in [-0.15, -0.1) is 0 Å². The number of rotatable bonds is 0. The Bertz CT molecular complexity index is 769. The fraction of sp³-hybridized carbons (Fsp3) is 0.714. The molecule has 1 saturated heterocycles. The molecule has 3 unspecified atom stereocenters. The smallest absolute Gasteiger partial charge is 0.187 e. The van der Waals surface area contributed by atoms with Gasteiger partial charge in [0.2, 0.25) is 0 Å². The molecule has 4 aliphatic carbocycles. The first-order valence-electron chi connectivity index (χ1n) is 9.45. The summed E-state index contributed by atoms with van der Waals surface area (Å²) in [5.74, 6) is 0.479. The van der Waals surface area contributed by atoms with Crippen molar-refractivity contribution in [2.24, 2.45) is 28.6 Å². The van der Waals surface area contributed by atoms with E-state index in [2.05, 4.69) is 13.5 Å². The number of fused-ring (bicyclic) bond motifs is 4. The topological polar surface area (TPSA) is 46.7 Å². The Balaban J connectivity index is 1.63. The summed E-state index contributed by atoms with van der Waals surface area (Å²) < 4.78 is 20.4. The van der Waals surface area contributed by atoms with Crippen LogP contribution in [-0.2, 0) is 14.3 Å². The van der Waals surface area contributed by atoms with Crippen molar-refractivity contribution < 1.29 is 18.7 Å². The number of halogens is 1. The van der Waals surface area contributed by atoms with Gasteiger partial charge in [-0.1, -0.05) is 26.0 Å². The van der Waals surface area contributed by atoms with Crippen molar-refractivity contribution in [3.63, 3.8) is 0 Å². The molecular weight excluding hydrogens is 319 g/mol. The highest BCUT2D eigenvalue weighted by atomic mass is 19.1. The van der Waals surface area contributed by atoms with Crippen LogP contribution in [0, 0.1) is 28.6 Å². The molecule has 0 radical (unpaired) electrons. The zero-order chi connectivity index (χ0) is 17.9. The number of epoxide rings is 1. The number of hydrogen-bond donors (Lipinski definition) is 0. The SMILES string of the molecule is C=C1C[C@@H]2[C@@H](CC[C@]3(C)C(=O)C(F)C[C@@H]23)[C@@]2(C)C(C)=CC(=O)C3OC132. The summed E-state index contributed by atoms with van der Waals surface area (Å²) >= 11 is 0. The minimum absolute atomic E-state index is 0.0510. The summed E-state index contributed by atoms with van der Waals surface area (Å²) in [7, 11) is 0. The highest BCUT2D eigenvalue weighted by molar-refractivity contribution is 6.00. The van der Waals surface area contributed by atoms with Gasteiger partial charge in [0.1, 0.15) is 5.60 Å².